The zero-order valence-corrected chi connectivity index (χ0v) is 8.58. The Hall–Kier alpha value is -0.510. The number of nitriles is 1. The largest absolute Gasteiger partial charge is 0.185 e. The van der Waals surface area contributed by atoms with Gasteiger partial charge in [0, 0.05) is 5.25 Å². The average molecular weight is 195 g/mol. The molecule has 12 heavy (non-hydrogen) atoms. The monoisotopic (exact) mass is 195 g/mol. The maximum Gasteiger partial charge on any atom is 0.133 e. The Labute approximate surface area is 79.4 Å². The number of hydrogen-bond acceptors (Lipinski definition) is 2. The molecule has 62 valence electrons. The molecule has 0 N–H and O–H groups in total. The van der Waals surface area contributed by atoms with E-state index in [1.807, 2.05) is 18.2 Å². The third kappa shape index (κ3) is 2.52. The van der Waals surface area contributed by atoms with Crippen LogP contribution in [0.3, 0.4) is 0 Å². The molecule has 0 aliphatic heterocycles. The fourth-order valence-electron chi connectivity index (χ4n) is 0.984. The van der Waals surface area contributed by atoms with Gasteiger partial charge in [0.15, 0.2) is 0 Å². The highest BCUT2D eigenvalue weighted by Gasteiger charge is 2.07. The zero-order valence-electron chi connectivity index (χ0n) is 6.60. The van der Waals surface area contributed by atoms with Crippen LogP contribution in [0.2, 0.25) is 0 Å². The van der Waals surface area contributed by atoms with Crippen LogP contribution < -0.4 is 0 Å². The standard InChI is InChI=1S/C9H10NPS/c10-7-12-9(6-11)8-4-2-1-3-5-8/h1-5,9H,6,11H2. The lowest BCUT2D eigenvalue weighted by atomic mass is 10.2. The highest BCUT2D eigenvalue weighted by Crippen LogP contribution is 2.29. The van der Waals surface area contributed by atoms with Gasteiger partial charge in [-0.15, -0.1) is 9.24 Å². The summed E-state index contributed by atoms with van der Waals surface area (Å²) >= 11 is 1.31. The lowest BCUT2D eigenvalue weighted by Gasteiger charge is -2.08. The molecule has 0 spiro atoms. The van der Waals surface area contributed by atoms with E-state index in [0.717, 1.165) is 6.16 Å². The van der Waals surface area contributed by atoms with Gasteiger partial charge in [0.05, 0.1) is 0 Å². The molecule has 0 amide bonds. The SMILES string of the molecule is N#CSC(CP)c1ccccc1. The summed E-state index contributed by atoms with van der Waals surface area (Å²) in [5.41, 5.74) is 1.22. The minimum atomic E-state index is 0.293. The lowest BCUT2D eigenvalue weighted by Crippen LogP contribution is -1.92. The summed E-state index contributed by atoms with van der Waals surface area (Å²) in [6.45, 7) is 0. The number of nitrogens with zero attached hydrogens (tertiary/aromatic N) is 1. The van der Waals surface area contributed by atoms with E-state index in [1.165, 1.54) is 17.3 Å². The lowest BCUT2D eigenvalue weighted by molar-refractivity contribution is 1.12. The highest BCUT2D eigenvalue weighted by atomic mass is 32.2. The fraction of sp³-hybridized carbons (Fsp3) is 0.222. The summed E-state index contributed by atoms with van der Waals surface area (Å²) in [5.74, 6) is 0. The summed E-state index contributed by atoms with van der Waals surface area (Å²) < 4.78 is 0. The van der Waals surface area contributed by atoms with Gasteiger partial charge in [0.25, 0.3) is 0 Å². The van der Waals surface area contributed by atoms with Gasteiger partial charge in [-0.3, -0.25) is 0 Å². The third-order valence-corrected chi connectivity index (χ3v) is 3.25. The second-order valence-electron chi connectivity index (χ2n) is 2.34. The average Bonchev–Trinajstić information content (AvgIpc) is 2.15. The topological polar surface area (TPSA) is 23.8 Å². The van der Waals surface area contributed by atoms with Crippen LogP contribution in [0.5, 0.6) is 0 Å². The number of hydrogen-bond donors (Lipinski definition) is 0. The van der Waals surface area contributed by atoms with Crippen molar-refractivity contribution in [1.82, 2.24) is 0 Å². The summed E-state index contributed by atoms with van der Waals surface area (Å²) in [6.07, 6.45) is 0.919. The first kappa shape index (κ1) is 9.58. The molecule has 0 saturated heterocycles. The van der Waals surface area contributed by atoms with Crippen molar-refractivity contribution in [2.45, 2.75) is 5.25 Å². The van der Waals surface area contributed by atoms with Crippen LogP contribution in [0.25, 0.3) is 0 Å². The van der Waals surface area contributed by atoms with Crippen molar-refractivity contribution in [2.24, 2.45) is 0 Å². The van der Waals surface area contributed by atoms with Crippen molar-refractivity contribution < 1.29 is 0 Å². The second-order valence-corrected chi connectivity index (χ2v) is 3.80. The van der Waals surface area contributed by atoms with Gasteiger partial charge in [-0.25, -0.2) is 0 Å². The smallest absolute Gasteiger partial charge is 0.133 e. The molecule has 0 aliphatic rings. The van der Waals surface area contributed by atoms with E-state index in [4.69, 9.17) is 5.26 Å². The predicted octanol–water partition coefficient (Wildman–Crippen LogP) is 2.82. The molecule has 1 rings (SSSR count). The molecule has 1 aromatic carbocycles. The Morgan fingerprint density at radius 2 is 2.08 bits per heavy atom. The Kier molecular flexibility index (Phi) is 4.14. The second kappa shape index (κ2) is 5.19. The van der Waals surface area contributed by atoms with Gasteiger partial charge in [-0.1, -0.05) is 30.3 Å². The molecule has 1 aromatic rings. The Balaban J connectivity index is 2.75. The summed E-state index contributed by atoms with van der Waals surface area (Å²) in [4.78, 5) is 0. The molecule has 0 aromatic heterocycles. The Morgan fingerprint density at radius 1 is 1.42 bits per heavy atom. The number of rotatable bonds is 3. The normalized spacial score (nSPS) is 12.0. The van der Waals surface area contributed by atoms with Gasteiger partial charge in [-0.05, 0) is 23.5 Å². The van der Waals surface area contributed by atoms with Gasteiger partial charge in [-0.2, -0.15) is 5.26 Å². The van der Waals surface area contributed by atoms with Gasteiger partial charge in [0.1, 0.15) is 5.40 Å². The maximum atomic E-state index is 8.53. The quantitative estimate of drug-likeness (QED) is 0.547. The molecular formula is C9H10NPS. The fourth-order valence-corrected chi connectivity index (χ4v) is 2.06. The molecule has 1 nitrogen and oxygen atoms in total. The summed E-state index contributed by atoms with van der Waals surface area (Å²) in [7, 11) is 2.67. The molecule has 0 radical (unpaired) electrons. The van der Waals surface area contributed by atoms with Crippen LogP contribution in [0, 0.1) is 10.7 Å². The van der Waals surface area contributed by atoms with Gasteiger partial charge < -0.3 is 0 Å². The van der Waals surface area contributed by atoms with E-state index >= 15 is 0 Å². The van der Waals surface area contributed by atoms with Crippen molar-refractivity contribution in [1.29, 1.82) is 5.26 Å². The van der Waals surface area contributed by atoms with E-state index in [2.05, 4.69) is 26.8 Å². The van der Waals surface area contributed by atoms with Crippen molar-refractivity contribution in [3.8, 4) is 5.40 Å². The zero-order chi connectivity index (χ0) is 8.81. The van der Waals surface area contributed by atoms with Crippen LogP contribution in [-0.2, 0) is 0 Å². The first-order chi connectivity index (χ1) is 5.88. The Bertz CT molecular complexity index is 268. The molecule has 0 heterocycles. The highest BCUT2D eigenvalue weighted by molar-refractivity contribution is 8.04. The van der Waals surface area contributed by atoms with Gasteiger partial charge >= 0.3 is 0 Å². The van der Waals surface area contributed by atoms with Crippen LogP contribution in [0.4, 0.5) is 0 Å². The predicted molar refractivity (Wildman–Crippen MR) is 57.0 cm³/mol. The van der Waals surface area contributed by atoms with Crippen LogP contribution in [0.15, 0.2) is 30.3 Å². The molecule has 0 aliphatic carbocycles. The van der Waals surface area contributed by atoms with E-state index in [-0.39, 0.29) is 0 Å². The van der Waals surface area contributed by atoms with Crippen LogP contribution in [-0.4, -0.2) is 6.16 Å². The van der Waals surface area contributed by atoms with E-state index in [0.29, 0.717) is 5.25 Å². The first-order valence-corrected chi connectivity index (χ1v) is 5.38. The third-order valence-electron chi connectivity index (χ3n) is 1.58. The first-order valence-electron chi connectivity index (χ1n) is 3.68. The molecule has 0 saturated carbocycles. The molecule has 0 bridgehead atoms. The van der Waals surface area contributed by atoms with Crippen molar-refractivity contribution in [3.05, 3.63) is 35.9 Å². The molecular weight excluding hydrogens is 185 g/mol. The van der Waals surface area contributed by atoms with Crippen molar-refractivity contribution >= 4 is 21.0 Å². The molecule has 2 atom stereocenters. The molecule has 3 heteroatoms. The van der Waals surface area contributed by atoms with Crippen LogP contribution >= 0.6 is 21.0 Å². The van der Waals surface area contributed by atoms with Crippen molar-refractivity contribution in [3.63, 3.8) is 0 Å². The van der Waals surface area contributed by atoms with Gasteiger partial charge in [0.2, 0.25) is 0 Å². The minimum Gasteiger partial charge on any atom is -0.185 e. The Morgan fingerprint density at radius 3 is 2.58 bits per heavy atom. The summed E-state index contributed by atoms with van der Waals surface area (Å²) in [6, 6.07) is 10.1. The van der Waals surface area contributed by atoms with Crippen molar-refractivity contribution in [2.75, 3.05) is 6.16 Å². The van der Waals surface area contributed by atoms with Crippen LogP contribution in [0.1, 0.15) is 10.8 Å². The maximum absolute atomic E-state index is 8.53. The number of benzene rings is 1. The number of thiocyanates is 1. The molecule has 0 fully saturated rings. The molecule has 2 unspecified atom stereocenters. The number of thioether (sulfide) groups is 1. The van der Waals surface area contributed by atoms with E-state index < -0.39 is 0 Å². The van der Waals surface area contributed by atoms with E-state index in [1.54, 1.807) is 0 Å². The minimum absolute atomic E-state index is 0.293. The van der Waals surface area contributed by atoms with E-state index in [9.17, 15) is 0 Å². The summed E-state index contributed by atoms with van der Waals surface area (Å²) in [5, 5.41) is 10.9.